The van der Waals surface area contributed by atoms with E-state index in [9.17, 15) is 9.59 Å². The van der Waals surface area contributed by atoms with Gasteiger partial charge in [-0.2, -0.15) is 0 Å². The summed E-state index contributed by atoms with van der Waals surface area (Å²) in [6.07, 6.45) is 1.63. The summed E-state index contributed by atoms with van der Waals surface area (Å²) in [6.45, 7) is 11.6. The van der Waals surface area contributed by atoms with Gasteiger partial charge in [0.25, 0.3) is 11.8 Å². The molecular formula is C21H28N5O2+. The summed E-state index contributed by atoms with van der Waals surface area (Å²) in [5, 5.41) is 0. The van der Waals surface area contributed by atoms with E-state index in [0.717, 1.165) is 56.8 Å². The fourth-order valence-electron chi connectivity index (χ4n) is 6.75. The molecule has 5 aliphatic heterocycles. The fraction of sp³-hybridized carbons (Fsp3) is 0.619. The third-order valence-corrected chi connectivity index (χ3v) is 8.23. The molecule has 148 valence electrons. The van der Waals surface area contributed by atoms with Gasteiger partial charge in [-0.25, -0.2) is 9.80 Å². The summed E-state index contributed by atoms with van der Waals surface area (Å²) in [6, 6.07) is 7.27. The Kier molecular flexibility index (Phi) is 3.44. The van der Waals surface area contributed by atoms with E-state index in [4.69, 9.17) is 0 Å². The average Bonchev–Trinajstić information content (AvgIpc) is 3.14. The van der Waals surface area contributed by atoms with Gasteiger partial charge >= 0.3 is 0 Å². The zero-order valence-corrected chi connectivity index (χ0v) is 16.5. The summed E-state index contributed by atoms with van der Waals surface area (Å²) in [4.78, 5) is 35.6. The van der Waals surface area contributed by atoms with Crippen molar-refractivity contribution in [3.8, 4) is 0 Å². The number of benzene rings is 1. The molecule has 7 nitrogen and oxygen atoms in total. The smallest absolute Gasteiger partial charge is 0.265 e. The monoisotopic (exact) mass is 382 g/mol. The van der Waals surface area contributed by atoms with Crippen LogP contribution in [-0.2, 0) is 0 Å². The van der Waals surface area contributed by atoms with Crippen molar-refractivity contribution in [3.05, 3.63) is 35.4 Å². The van der Waals surface area contributed by atoms with E-state index in [1.807, 2.05) is 12.1 Å². The average molecular weight is 382 g/mol. The minimum absolute atomic E-state index is 0.0632. The second kappa shape index (κ2) is 5.63. The topological polar surface area (TPSA) is 47.1 Å². The van der Waals surface area contributed by atoms with Gasteiger partial charge in [-0.1, -0.05) is 12.1 Å². The van der Waals surface area contributed by atoms with Crippen LogP contribution in [0.25, 0.3) is 0 Å². The minimum Gasteiger partial charge on any atom is -0.284 e. The lowest BCUT2D eigenvalue weighted by molar-refractivity contribution is -0.985. The van der Waals surface area contributed by atoms with Gasteiger partial charge in [0.2, 0.25) is 0 Å². The third kappa shape index (κ3) is 1.93. The van der Waals surface area contributed by atoms with Crippen LogP contribution in [0, 0.1) is 0 Å². The Morgan fingerprint density at radius 1 is 0.929 bits per heavy atom. The van der Waals surface area contributed by atoms with Crippen LogP contribution in [0.3, 0.4) is 0 Å². The predicted molar refractivity (Wildman–Crippen MR) is 103 cm³/mol. The lowest BCUT2D eigenvalue weighted by atomic mass is 9.92. The number of piperazine rings is 2. The summed E-state index contributed by atoms with van der Waals surface area (Å²) < 4.78 is 0.829. The maximum Gasteiger partial charge on any atom is 0.265 e. The Morgan fingerprint density at radius 2 is 1.57 bits per heavy atom. The van der Waals surface area contributed by atoms with Crippen LogP contribution in [0.2, 0.25) is 0 Å². The fourth-order valence-corrected chi connectivity index (χ4v) is 6.75. The predicted octanol–water partition coefficient (Wildman–Crippen LogP) is 0.450. The number of amides is 2. The Morgan fingerprint density at radius 3 is 2.29 bits per heavy atom. The number of nitrogens with zero attached hydrogens (tertiary/aromatic N) is 5. The molecule has 0 bridgehead atoms. The van der Waals surface area contributed by atoms with Gasteiger partial charge in [-0.05, 0) is 18.6 Å². The Labute approximate surface area is 165 Å². The van der Waals surface area contributed by atoms with Gasteiger partial charge in [-0.3, -0.25) is 23.9 Å². The third-order valence-electron chi connectivity index (χ3n) is 8.23. The van der Waals surface area contributed by atoms with Crippen molar-refractivity contribution in [1.82, 2.24) is 19.6 Å². The van der Waals surface area contributed by atoms with E-state index in [1.54, 1.807) is 12.1 Å². The number of rotatable bonds is 2. The van der Waals surface area contributed by atoms with Crippen molar-refractivity contribution in [3.63, 3.8) is 0 Å². The number of carbonyl (C=O) groups is 2. The second-order valence-corrected chi connectivity index (χ2v) is 9.20. The van der Waals surface area contributed by atoms with Crippen LogP contribution >= 0.6 is 0 Å². The lowest BCUT2D eigenvalue weighted by Gasteiger charge is -2.65. The molecule has 5 aliphatic rings. The van der Waals surface area contributed by atoms with Crippen molar-refractivity contribution >= 4 is 11.8 Å². The highest BCUT2D eigenvalue weighted by Crippen LogP contribution is 2.47. The van der Waals surface area contributed by atoms with E-state index in [2.05, 4.69) is 21.6 Å². The summed E-state index contributed by atoms with van der Waals surface area (Å²) in [7, 11) is 0. The van der Waals surface area contributed by atoms with Crippen molar-refractivity contribution in [1.29, 1.82) is 0 Å². The van der Waals surface area contributed by atoms with Crippen LogP contribution in [0.4, 0.5) is 0 Å². The molecule has 5 heterocycles. The molecule has 1 unspecified atom stereocenters. The number of carbonyl (C=O) groups excluding carboxylic acids is 2. The molecule has 4 saturated heterocycles. The van der Waals surface area contributed by atoms with Gasteiger partial charge in [0.15, 0.2) is 12.3 Å². The SMILES string of the molecule is C[C@]12[C@H]3N4CCCN3CC[N+]1(CN1C(=O)c3ccccc3C1=O)CCN2CC4. The van der Waals surface area contributed by atoms with E-state index in [0.29, 0.717) is 24.0 Å². The van der Waals surface area contributed by atoms with Gasteiger partial charge in [0.05, 0.1) is 30.8 Å². The van der Waals surface area contributed by atoms with Gasteiger partial charge in [0, 0.05) is 39.6 Å². The molecule has 1 aromatic carbocycles. The molecule has 0 aliphatic carbocycles. The van der Waals surface area contributed by atoms with E-state index in [-0.39, 0.29) is 17.5 Å². The Hall–Kier alpha value is -1.80. The highest BCUT2D eigenvalue weighted by molar-refractivity contribution is 6.21. The van der Waals surface area contributed by atoms with Crippen molar-refractivity contribution in [2.75, 3.05) is 59.0 Å². The quantitative estimate of drug-likeness (QED) is 0.549. The standard InChI is InChI=1S/C21H28N5O2/c1-21-20-22-7-4-8-23(20)11-13-26(21,14-12-24(21)10-9-22)15-25-18(27)16-5-2-3-6-17(16)19(25)28/h2-3,5-6,20H,4,7-15H2,1H3/q+1/t20-,21+,26?/m0/s1. The molecule has 28 heavy (non-hydrogen) atoms. The number of fused-ring (bicyclic) bond motifs is 1. The van der Waals surface area contributed by atoms with Crippen LogP contribution in [-0.4, -0.2) is 107 Å². The molecule has 0 saturated carbocycles. The number of hydrogen-bond acceptors (Lipinski definition) is 5. The van der Waals surface area contributed by atoms with Gasteiger partial charge < -0.3 is 0 Å². The Bertz CT molecular complexity index is 833. The lowest BCUT2D eigenvalue weighted by Crippen LogP contribution is -2.85. The zero-order chi connectivity index (χ0) is 19.1. The molecule has 0 spiro atoms. The van der Waals surface area contributed by atoms with Crippen LogP contribution < -0.4 is 0 Å². The number of hydrogen-bond donors (Lipinski definition) is 0. The molecule has 7 heteroatoms. The molecule has 1 aromatic rings. The first kappa shape index (κ1) is 17.1. The minimum atomic E-state index is -0.117. The number of imide groups is 1. The molecular weight excluding hydrogens is 354 g/mol. The normalized spacial score (nSPS) is 38.0. The molecule has 0 N–H and O–H groups in total. The van der Waals surface area contributed by atoms with Crippen molar-refractivity contribution in [2.45, 2.75) is 25.2 Å². The highest BCUT2D eigenvalue weighted by Gasteiger charge is 2.68. The summed E-state index contributed by atoms with van der Waals surface area (Å²) >= 11 is 0. The van der Waals surface area contributed by atoms with Crippen LogP contribution in [0.5, 0.6) is 0 Å². The number of quaternary nitrogens is 1. The highest BCUT2D eigenvalue weighted by atomic mass is 16.2. The van der Waals surface area contributed by atoms with E-state index < -0.39 is 0 Å². The van der Waals surface area contributed by atoms with Crippen molar-refractivity contribution in [2.24, 2.45) is 0 Å². The first-order valence-electron chi connectivity index (χ1n) is 10.6. The molecule has 6 rings (SSSR count). The first-order valence-corrected chi connectivity index (χ1v) is 10.6. The van der Waals surface area contributed by atoms with E-state index in [1.165, 1.54) is 11.3 Å². The van der Waals surface area contributed by atoms with E-state index >= 15 is 0 Å². The Balaban J connectivity index is 1.39. The van der Waals surface area contributed by atoms with Crippen LogP contribution in [0.15, 0.2) is 24.3 Å². The molecule has 2 amide bonds. The second-order valence-electron chi connectivity index (χ2n) is 9.20. The van der Waals surface area contributed by atoms with Crippen molar-refractivity contribution < 1.29 is 14.1 Å². The maximum absolute atomic E-state index is 13.1. The largest absolute Gasteiger partial charge is 0.284 e. The maximum atomic E-state index is 13.1. The van der Waals surface area contributed by atoms with Crippen LogP contribution in [0.1, 0.15) is 34.1 Å². The van der Waals surface area contributed by atoms with Gasteiger partial charge in [0.1, 0.15) is 6.17 Å². The first-order chi connectivity index (χ1) is 13.6. The van der Waals surface area contributed by atoms with Gasteiger partial charge in [-0.15, -0.1) is 0 Å². The molecule has 0 aromatic heterocycles. The molecule has 3 atom stereocenters. The summed E-state index contributed by atoms with van der Waals surface area (Å²) in [5.41, 5.74) is 1.06. The molecule has 0 radical (unpaired) electrons. The molecule has 4 fully saturated rings. The summed E-state index contributed by atoms with van der Waals surface area (Å²) in [5.74, 6) is -0.234. The zero-order valence-electron chi connectivity index (χ0n) is 16.5.